The van der Waals surface area contributed by atoms with Gasteiger partial charge in [0.15, 0.2) is 0 Å². The fourth-order valence-corrected chi connectivity index (χ4v) is 2.18. The molecule has 0 amide bonds. The lowest BCUT2D eigenvalue weighted by Crippen LogP contribution is -2.22. The van der Waals surface area contributed by atoms with Gasteiger partial charge < -0.3 is 10.1 Å². The lowest BCUT2D eigenvalue weighted by molar-refractivity contribution is 0.363. The lowest BCUT2D eigenvalue weighted by Gasteiger charge is -2.13. The Kier molecular flexibility index (Phi) is 4.66. The Labute approximate surface area is 110 Å². The third-order valence-electron chi connectivity index (χ3n) is 3.49. The first-order valence-electron chi connectivity index (χ1n) is 6.66. The average Bonchev–Trinajstić information content (AvgIpc) is 3.22. The molecule has 0 aliphatic heterocycles. The van der Waals surface area contributed by atoms with Crippen molar-refractivity contribution in [3.63, 3.8) is 0 Å². The highest BCUT2D eigenvalue weighted by Crippen LogP contribution is 2.36. The SMILES string of the molecule is C#CCOc1ccccc1CNCC(C)C1CC1. The van der Waals surface area contributed by atoms with Crippen molar-refractivity contribution in [2.24, 2.45) is 11.8 Å². The van der Waals surface area contributed by atoms with Gasteiger partial charge in [0, 0.05) is 12.1 Å². The number of rotatable bonds is 7. The molecule has 0 bridgehead atoms. The van der Waals surface area contributed by atoms with E-state index in [1.54, 1.807) is 0 Å². The Morgan fingerprint density at radius 1 is 1.44 bits per heavy atom. The van der Waals surface area contributed by atoms with E-state index in [0.717, 1.165) is 30.7 Å². The van der Waals surface area contributed by atoms with Crippen molar-refractivity contribution in [3.8, 4) is 18.1 Å². The van der Waals surface area contributed by atoms with Gasteiger partial charge in [0.25, 0.3) is 0 Å². The first kappa shape index (κ1) is 13.0. The maximum absolute atomic E-state index is 5.53. The molecule has 1 unspecified atom stereocenters. The van der Waals surface area contributed by atoms with E-state index < -0.39 is 0 Å². The van der Waals surface area contributed by atoms with Crippen molar-refractivity contribution in [2.45, 2.75) is 26.3 Å². The van der Waals surface area contributed by atoms with E-state index in [4.69, 9.17) is 11.2 Å². The molecule has 1 atom stereocenters. The molecule has 2 nitrogen and oxygen atoms in total. The zero-order valence-electron chi connectivity index (χ0n) is 11.0. The first-order chi connectivity index (χ1) is 8.81. The van der Waals surface area contributed by atoms with Gasteiger partial charge in [-0.25, -0.2) is 0 Å². The van der Waals surface area contributed by atoms with Gasteiger partial charge in [0.1, 0.15) is 12.4 Å². The second kappa shape index (κ2) is 6.47. The predicted octanol–water partition coefficient (Wildman–Crippen LogP) is 2.83. The minimum Gasteiger partial charge on any atom is -0.481 e. The summed E-state index contributed by atoms with van der Waals surface area (Å²) < 4.78 is 5.53. The number of hydrogen-bond donors (Lipinski definition) is 1. The molecule has 1 aromatic carbocycles. The summed E-state index contributed by atoms with van der Waals surface area (Å²) in [6, 6.07) is 8.06. The van der Waals surface area contributed by atoms with Gasteiger partial charge in [-0.2, -0.15) is 0 Å². The van der Waals surface area contributed by atoms with E-state index in [1.165, 1.54) is 18.4 Å². The van der Waals surface area contributed by atoms with E-state index >= 15 is 0 Å². The van der Waals surface area contributed by atoms with Crippen LogP contribution in [-0.2, 0) is 6.54 Å². The van der Waals surface area contributed by atoms with E-state index in [1.807, 2.05) is 18.2 Å². The molecule has 1 aliphatic rings. The molecule has 0 saturated heterocycles. The van der Waals surface area contributed by atoms with Gasteiger partial charge in [-0.3, -0.25) is 0 Å². The zero-order valence-corrected chi connectivity index (χ0v) is 11.0. The third-order valence-corrected chi connectivity index (χ3v) is 3.49. The quantitative estimate of drug-likeness (QED) is 0.744. The largest absolute Gasteiger partial charge is 0.481 e. The van der Waals surface area contributed by atoms with Crippen LogP contribution in [0, 0.1) is 24.2 Å². The Morgan fingerprint density at radius 3 is 2.94 bits per heavy atom. The van der Waals surface area contributed by atoms with Crippen molar-refractivity contribution in [2.75, 3.05) is 13.2 Å². The van der Waals surface area contributed by atoms with Crippen LogP contribution < -0.4 is 10.1 Å². The number of para-hydroxylation sites is 1. The summed E-state index contributed by atoms with van der Waals surface area (Å²) in [6.07, 6.45) is 8.03. The molecular formula is C16H21NO. The van der Waals surface area contributed by atoms with Gasteiger partial charge in [0.05, 0.1) is 0 Å². The minimum atomic E-state index is 0.329. The van der Waals surface area contributed by atoms with E-state index in [0.29, 0.717) is 6.61 Å². The molecule has 18 heavy (non-hydrogen) atoms. The Morgan fingerprint density at radius 2 is 2.22 bits per heavy atom. The van der Waals surface area contributed by atoms with E-state index in [-0.39, 0.29) is 0 Å². The predicted molar refractivity (Wildman–Crippen MR) is 74.4 cm³/mol. The third kappa shape index (κ3) is 3.78. The maximum atomic E-state index is 5.53. The fourth-order valence-electron chi connectivity index (χ4n) is 2.18. The monoisotopic (exact) mass is 243 g/mol. The lowest BCUT2D eigenvalue weighted by atomic mass is 10.1. The summed E-state index contributed by atoms with van der Waals surface area (Å²) in [4.78, 5) is 0. The van der Waals surface area contributed by atoms with Crippen LogP contribution in [0.3, 0.4) is 0 Å². The highest BCUT2D eigenvalue weighted by Gasteiger charge is 2.27. The second-order valence-corrected chi connectivity index (χ2v) is 5.05. The Balaban J connectivity index is 1.82. The number of nitrogens with one attached hydrogen (secondary N) is 1. The average molecular weight is 243 g/mol. The van der Waals surface area contributed by atoms with Gasteiger partial charge in [-0.1, -0.05) is 31.0 Å². The van der Waals surface area contributed by atoms with E-state index in [2.05, 4.69) is 24.2 Å². The topological polar surface area (TPSA) is 21.3 Å². The van der Waals surface area contributed by atoms with Gasteiger partial charge in [-0.05, 0) is 37.3 Å². The number of hydrogen-bond acceptors (Lipinski definition) is 2. The smallest absolute Gasteiger partial charge is 0.148 e. The van der Waals surface area contributed by atoms with Gasteiger partial charge in [0.2, 0.25) is 0 Å². The molecule has 1 fully saturated rings. The van der Waals surface area contributed by atoms with Gasteiger partial charge >= 0.3 is 0 Å². The molecular weight excluding hydrogens is 222 g/mol. The number of ether oxygens (including phenoxy) is 1. The van der Waals surface area contributed by atoms with Crippen molar-refractivity contribution < 1.29 is 4.74 Å². The number of benzene rings is 1. The Hall–Kier alpha value is -1.46. The van der Waals surface area contributed by atoms with Crippen LogP contribution in [0.25, 0.3) is 0 Å². The summed E-state index contributed by atoms with van der Waals surface area (Å²) in [6.45, 7) is 4.58. The van der Waals surface area contributed by atoms with Crippen molar-refractivity contribution in [1.29, 1.82) is 0 Å². The molecule has 2 rings (SSSR count). The molecule has 1 saturated carbocycles. The van der Waals surface area contributed by atoms with E-state index in [9.17, 15) is 0 Å². The minimum absolute atomic E-state index is 0.329. The molecule has 2 heteroatoms. The van der Waals surface area contributed by atoms with Crippen LogP contribution >= 0.6 is 0 Å². The van der Waals surface area contributed by atoms with Crippen LogP contribution in [0.2, 0.25) is 0 Å². The molecule has 0 aromatic heterocycles. The van der Waals surface area contributed by atoms with Crippen LogP contribution in [0.1, 0.15) is 25.3 Å². The molecule has 0 spiro atoms. The van der Waals surface area contributed by atoms with Gasteiger partial charge in [-0.15, -0.1) is 6.42 Å². The Bertz CT molecular complexity index is 417. The summed E-state index contributed by atoms with van der Waals surface area (Å²) >= 11 is 0. The van der Waals surface area contributed by atoms with Crippen LogP contribution in [0.5, 0.6) is 5.75 Å². The standard InChI is InChI=1S/C16H21NO/c1-3-10-18-16-7-5-4-6-15(16)12-17-11-13(2)14-8-9-14/h1,4-7,13-14,17H,8-12H2,2H3. The molecule has 0 heterocycles. The molecule has 96 valence electrons. The zero-order chi connectivity index (χ0) is 12.8. The summed E-state index contributed by atoms with van der Waals surface area (Å²) in [5.41, 5.74) is 1.18. The van der Waals surface area contributed by atoms with Crippen molar-refractivity contribution in [1.82, 2.24) is 5.32 Å². The fraction of sp³-hybridized carbons (Fsp3) is 0.500. The molecule has 0 radical (unpaired) electrons. The second-order valence-electron chi connectivity index (χ2n) is 5.05. The molecule has 1 N–H and O–H groups in total. The highest BCUT2D eigenvalue weighted by molar-refractivity contribution is 5.33. The normalized spacial score (nSPS) is 16.0. The van der Waals surface area contributed by atoms with Crippen molar-refractivity contribution in [3.05, 3.63) is 29.8 Å². The summed E-state index contributed by atoms with van der Waals surface area (Å²) in [5.74, 6) is 5.12. The molecule has 1 aromatic rings. The first-order valence-corrected chi connectivity index (χ1v) is 6.66. The molecule has 1 aliphatic carbocycles. The summed E-state index contributed by atoms with van der Waals surface area (Å²) in [7, 11) is 0. The van der Waals surface area contributed by atoms with Crippen LogP contribution in [-0.4, -0.2) is 13.2 Å². The maximum Gasteiger partial charge on any atom is 0.148 e. The van der Waals surface area contributed by atoms with Crippen LogP contribution in [0.15, 0.2) is 24.3 Å². The van der Waals surface area contributed by atoms with Crippen LogP contribution in [0.4, 0.5) is 0 Å². The summed E-state index contributed by atoms with van der Waals surface area (Å²) in [5, 5.41) is 3.51. The highest BCUT2D eigenvalue weighted by atomic mass is 16.5. The number of terminal acetylenes is 1. The van der Waals surface area contributed by atoms with Crippen molar-refractivity contribution >= 4 is 0 Å².